The fourth-order valence-electron chi connectivity index (χ4n) is 1.89. The van der Waals surface area contributed by atoms with Crippen LogP contribution in [-0.4, -0.2) is 32.5 Å². The number of ether oxygens (including phenoxy) is 1. The minimum absolute atomic E-state index is 0.331. The van der Waals surface area contributed by atoms with E-state index in [1.807, 2.05) is 25.1 Å². The Morgan fingerprint density at radius 3 is 2.50 bits per heavy atom. The number of benzene rings is 2. The minimum Gasteiger partial charge on any atom is -0.454 e. The van der Waals surface area contributed by atoms with Gasteiger partial charge in [-0.05, 0) is 30.3 Å². The van der Waals surface area contributed by atoms with E-state index in [1.54, 1.807) is 42.5 Å². The Balaban J connectivity index is 2.03. The third kappa shape index (κ3) is 3.86. The highest BCUT2D eigenvalue weighted by Gasteiger charge is 2.14. The predicted octanol–water partition coefficient (Wildman–Crippen LogP) is 3.45. The Kier molecular flexibility index (Phi) is 5.17. The maximum atomic E-state index is 12.0. The molecule has 4 nitrogen and oxygen atoms in total. The van der Waals surface area contributed by atoms with E-state index in [-0.39, 0.29) is 12.4 Å². The van der Waals surface area contributed by atoms with E-state index in [0.29, 0.717) is 16.1 Å². The normalized spacial score (nSPS) is 10.1. The van der Waals surface area contributed by atoms with Gasteiger partial charge in [0.05, 0.1) is 10.6 Å². The van der Waals surface area contributed by atoms with Crippen LogP contribution < -0.4 is 4.90 Å². The Labute approximate surface area is 134 Å². The summed E-state index contributed by atoms with van der Waals surface area (Å²) in [6, 6.07) is 13.7. The summed E-state index contributed by atoms with van der Waals surface area (Å²) in [7, 11) is 3.76. The lowest BCUT2D eigenvalue weighted by Gasteiger charge is -2.13. The van der Waals surface area contributed by atoms with Gasteiger partial charge in [0, 0.05) is 25.3 Å². The number of esters is 1. The predicted molar refractivity (Wildman–Crippen MR) is 86.8 cm³/mol. The fraction of sp³-hybridized carbons (Fsp3) is 0.176. The molecule has 0 fully saturated rings. The van der Waals surface area contributed by atoms with Gasteiger partial charge in [0.1, 0.15) is 0 Å². The van der Waals surface area contributed by atoms with Crippen molar-refractivity contribution in [2.75, 3.05) is 25.6 Å². The molecule has 5 heteroatoms. The first-order chi connectivity index (χ1) is 10.5. The lowest BCUT2D eigenvalue weighted by molar-refractivity contribution is 0.0475. The van der Waals surface area contributed by atoms with Crippen LogP contribution in [0.15, 0.2) is 48.5 Å². The summed E-state index contributed by atoms with van der Waals surface area (Å²) in [5, 5.41) is 0.346. The zero-order valence-corrected chi connectivity index (χ0v) is 13.1. The van der Waals surface area contributed by atoms with E-state index in [1.165, 1.54) is 0 Å². The molecule has 0 aliphatic carbocycles. The van der Waals surface area contributed by atoms with Crippen LogP contribution in [0.25, 0.3) is 0 Å². The molecule has 0 amide bonds. The second-order valence-corrected chi connectivity index (χ2v) is 5.33. The Morgan fingerprint density at radius 1 is 1.09 bits per heavy atom. The molecular weight excluding hydrogens is 302 g/mol. The molecule has 0 atom stereocenters. The third-order valence-electron chi connectivity index (χ3n) is 3.11. The van der Waals surface area contributed by atoms with Gasteiger partial charge in [-0.3, -0.25) is 4.79 Å². The van der Waals surface area contributed by atoms with Crippen LogP contribution in [0.1, 0.15) is 20.7 Å². The minimum atomic E-state index is -0.538. The number of carbonyl (C=O) groups is 2. The second-order valence-electron chi connectivity index (χ2n) is 4.92. The maximum absolute atomic E-state index is 12.0. The highest BCUT2D eigenvalue weighted by molar-refractivity contribution is 6.34. The van der Waals surface area contributed by atoms with Crippen LogP contribution in [0.5, 0.6) is 0 Å². The smallest absolute Gasteiger partial charge is 0.338 e. The second kappa shape index (κ2) is 7.09. The average molecular weight is 318 g/mol. The standard InChI is InChI=1S/C17H16ClNO3/c1-19(2)13-7-5-6-12(10-13)17(21)22-11-16(20)14-8-3-4-9-15(14)18/h3-10H,11H2,1-2H3. The SMILES string of the molecule is CN(C)c1cccc(C(=O)OCC(=O)c2ccccc2Cl)c1. The Hall–Kier alpha value is -2.33. The molecule has 0 aliphatic rings. The van der Waals surface area contributed by atoms with Crippen molar-refractivity contribution in [3.05, 3.63) is 64.7 Å². The lowest BCUT2D eigenvalue weighted by atomic mass is 10.1. The van der Waals surface area contributed by atoms with Gasteiger partial charge >= 0.3 is 5.97 Å². The first-order valence-corrected chi connectivity index (χ1v) is 7.09. The number of anilines is 1. The van der Waals surface area contributed by atoms with Gasteiger partial charge in [0.15, 0.2) is 6.61 Å². The van der Waals surface area contributed by atoms with Crippen molar-refractivity contribution in [2.24, 2.45) is 0 Å². The number of hydrogen-bond acceptors (Lipinski definition) is 4. The number of halogens is 1. The van der Waals surface area contributed by atoms with E-state index < -0.39 is 5.97 Å². The number of Topliss-reactive ketones (excluding diaryl/α,β-unsaturated/α-hetero) is 1. The monoisotopic (exact) mass is 317 g/mol. The molecule has 22 heavy (non-hydrogen) atoms. The fourth-order valence-corrected chi connectivity index (χ4v) is 2.13. The van der Waals surface area contributed by atoms with Crippen molar-refractivity contribution in [3.63, 3.8) is 0 Å². The summed E-state index contributed by atoms with van der Waals surface area (Å²) in [5.74, 6) is -0.869. The number of carbonyl (C=O) groups excluding carboxylic acids is 2. The topological polar surface area (TPSA) is 46.6 Å². The largest absolute Gasteiger partial charge is 0.454 e. The van der Waals surface area contributed by atoms with Crippen LogP contribution in [0, 0.1) is 0 Å². The highest BCUT2D eigenvalue weighted by atomic mass is 35.5. The molecule has 0 bridgehead atoms. The summed E-state index contributed by atoms with van der Waals surface area (Å²) >= 11 is 5.94. The molecule has 0 aromatic heterocycles. The molecule has 0 aliphatic heterocycles. The van der Waals surface area contributed by atoms with Crippen molar-refractivity contribution >= 4 is 29.0 Å². The van der Waals surface area contributed by atoms with Crippen molar-refractivity contribution in [1.82, 2.24) is 0 Å². The Bertz CT molecular complexity index is 698. The van der Waals surface area contributed by atoms with Crippen LogP contribution in [0.2, 0.25) is 5.02 Å². The van der Waals surface area contributed by atoms with Gasteiger partial charge in [-0.1, -0.05) is 29.8 Å². The summed E-state index contributed by atoms with van der Waals surface area (Å²) in [6.07, 6.45) is 0. The zero-order valence-electron chi connectivity index (χ0n) is 12.4. The summed E-state index contributed by atoms with van der Waals surface area (Å²) < 4.78 is 5.07. The van der Waals surface area contributed by atoms with Crippen molar-refractivity contribution in [3.8, 4) is 0 Å². The number of nitrogens with zero attached hydrogens (tertiary/aromatic N) is 1. The van der Waals surface area contributed by atoms with Crippen LogP contribution in [-0.2, 0) is 4.74 Å². The molecule has 114 valence electrons. The summed E-state index contributed by atoms with van der Waals surface area (Å²) in [5.41, 5.74) is 1.63. The van der Waals surface area contributed by atoms with Crippen LogP contribution >= 0.6 is 11.6 Å². The van der Waals surface area contributed by atoms with E-state index in [0.717, 1.165) is 5.69 Å². The summed E-state index contributed by atoms with van der Waals surface area (Å²) in [6.45, 7) is -0.339. The quantitative estimate of drug-likeness (QED) is 0.626. The van der Waals surface area contributed by atoms with E-state index in [2.05, 4.69) is 0 Å². The van der Waals surface area contributed by atoms with Gasteiger partial charge in [-0.2, -0.15) is 0 Å². The third-order valence-corrected chi connectivity index (χ3v) is 3.44. The first kappa shape index (κ1) is 16.0. The zero-order chi connectivity index (χ0) is 16.1. The van der Waals surface area contributed by atoms with E-state index in [9.17, 15) is 9.59 Å². The molecule has 2 rings (SSSR count). The molecule has 0 spiro atoms. The number of rotatable bonds is 5. The highest BCUT2D eigenvalue weighted by Crippen LogP contribution is 2.17. The van der Waals surface area contributed by atoms with Crippen molar-refractivity contribution in [2.45, 2.75) is 0 Å². The molecule has 0 saturated carbocycles. The first-order valence-electron chi connectivity index (χ1n) is 6.71. The van der Waals surface area contributed by atoms with E-state index in [4.69, 9.17) is 16.3 Å². The molecule has 0 unspecified atom stereocenters. The van der Waals surface area contributed by atoms with Gasteiger partial charge in [-0.15, -0.1) is 0 Å². The molecule has 2 aromatic rings. The van der Waals surface area contributed by atoms with Crippen LogP contribution in [0.4, 0.5) is 5.69 Å². The average Bonchev–Trinajstić information content (AvgIpc) is 2.52. The molecule has 2 aromatic carbocycles. The maximum Gasteiger partial charge on any atom is 0.338 e. The number of ketones is 1. The lowest BCUT2D eigenvalue weighted by Crippen LogP contribution is -2.15. The van der Waals surface area contributed by atoms with Crippen molar-refractivity contribution < 1.29 is 14.3 Å². The molecule has 0 N–H and O–H groups in total. The van der Waals surface area contributed by atoms with Gasteiger partial charge in [-0.25, -0.2) is 4.79 Å². The van der Waals surface area contributed by atoms with Crippen molar-refractivity contribution in [1.29, 1.82) is 0 Å². The van der Waals surface area contributed by atoms with E-state index >= 15 is 0 Å². The molecule has 0 radical (unpaired) electrons. The molecular formula is C17H16ClNO3. The van der Waals surface area contributed by atoms with Gasteiger partial charge < -0.3 is 9.64 Å². The van der Waals surface area contributed by atoms with Gasteiger partial charge in [0.25, 0.3) is 0 Å². The summed E-state index contributed by atoms with van der Waals surface area (Å²) in [4.78, 5) is 25.9. The number of hydrogen-bond donors (Lipinski definition) is 0. The van der Waals surface area contributed by atoms with Gasteiger partial charge in [0.2, 0.25) is 5.78 Å². The Morgan fingerprint density at radius 2 is 1.82 bits per heavy atom. The molecule has 0 heterocycles. The van der Waals surface area contributed by atoms with Crippen LogP contribution in [0.3, 0.4) is 0 Å². The molecule has 0 saturated heterocycles.